The number of aryl methyl sites for hydroxylation is 1. The van der Waals surface area contributed by atoms with Crippen molar-refractivity contribution in [3.05, 3.63) is 23.8 Å². The number of benzene rings is 1. The summed E-state index contributed by atoms with van der Waals surface area (Å²) in [6.07, 6.45) is 0. The summed E-state index contributed by atoms with van der Waals surface area (Å²) in [6, 6.07) is 5.32. The van der Waals surface area contributed by atoms with Gasteiger partial charge in [-0.3, -0.25) is 4.79 Å². The van der Waals surface area contributed by atoms with Gasteiger partial charge in [0, 0.05) is 25.5 Å². The number of rotatable bonds is 3. The van der Waals surface area contributed by atoms with Crippen LogP contribution in [0.1, 0.15) is 26.3 Å². The number of amides is 1. The lowest BCUT2D eigenvalue weighted by atomic mass is 9.87. The Hall–Kier alpha value is -1.55. The van der Waals surface area contributed by atoms with Crippen LogP contribution >= 0.6 is 0 Å². The fraction of sp³-hybridized carbons (Fsp3) is 0.533. The van der Waals surface area contributed by atoms with Crippen molar-refractivity contribution in [3.8, 4) is 0 Å². The van der Waals surface area contributed by atoms with Gasteiger partial charge >= 0.3 is 0 Å². The third-order valence-corrected chi connectivity index (χ3v) is 3.17. The number of nitrogens with one attached hydrogen (secondary N) is 1. The SMILES string of the molecule is Cc1ccc(NC(=O)C(N)C(C)(C)C)cc1N(C)C. The normalized spacial score (nSPS) is 13.0. The van der Waals surface area contributed by atoms with E-state index in [1.807, 2.05) is 64.9 Å². The first-order valence-electron chi connectivity index (χ1n) is 6.47. The molecule has 1 unspecified atom stereocenters. The molecule has 3 N–H and O–H groups in total. The van der Waals surface area contributed by atoms with Crippen LogP contribution in [-0.2, 0) is 4.79 Å². The van der Waals surface area contributed by atoms with Crippen LogP contribution in [-0.4, -0.2) is 26.0 Å². The zero-order chi connectivity index (χ0) is 14.8. The van der Waals surface area contributed by atoms with Gasteiger partial charge in [-0.05, 0) is 30.0 Å². The van der Waals surface area contributed by atoms with Crippen LogP contribution in [0, 0.1) is 12.3 Å². The van der Waals surface area contributed by atoms with E-state index < -0.39 is 6.04 Å². The molecular formula is C15H25N3O. The maximum atomic E-state index is 12.1. The highest BCUT2D eigenvalue weighted by molar-refractivity contribution is 5.95. The Bertz CT molecular complexity index is 461. The van der Waals surface area contributed by atoms with Gasteiger partial charge in [-0.25, -0.2) is 0 Å². The smallest absolute Gasteiger partial charge is 0.241 e. The van der Waals surface area contributed by atoms with Gasteiger partial charge in [0.05, 0.1) is 6.04 Å². The molecule has 19 heavy (non-hydrogen) atoms. The molecule has 1 amide bonds. The van der Waals surface area contributed by atoms with Crippen LogP contribution in [0.15, 0.2) is 18.2 Å². The van der Waals surface area contributed by atoms with Gasteiger partial charge in [0.1, 0.15) is 0 Å². The number of anilines is 2. The monoisotopic (exact) mass is 263 g/mol. The molecule has 4 nitrogen and oxygen atoms in total. The molecule has 1 aromatic rings. The second-order valence-corrected chi connectivity index (χ2v) is 6.23. The minimum absolute atomic E-state index is 0.152. The number of nitrogens with zero attached hydrogens (tertiary/aromatic N) is 1. The van der Waals surface area contributed by atoms with E-state index in [4.69, 9.17) is 5.73 Å². The van der Waals surface area contributed by atoms with E-state index in [2.05, 4.69) is 5.32 Å². The van der Waals surface area contributed by atoms with E-state index in [0.717, 1.165) is 11.4 Å². The van der Waals surface area contributed by atoms with Crippen molar-refractivity contribution in [1.29, 1.82) is 0 Å². The molecule has 0 saturated heterocycles. The summed E-state index contributed by atoms with van der Waals surface area (Å²) in [7, 11) is 3.96. The first kappa shape index (κ1) is 15.5. The number of carbonyl (C=O) groups is 1. The fourth-order valence-corrected chi connectivity index (χ4v) is 1.78. The molecule has 0 aliphatic heterocycles. The second kappa shape index (κ2) is 5.61. The molecule has 4 heteroatoms. The Balaban J connectivity index is 2.89. The predicted octanol–water partition coefficient (Wildman–Crippen LogP) is 2.37. The van der Waals surface area contributed by atoms with Crippen molar-refractivity contribution in [2.24, 2.45) is 11.1 Å². The van der Waals surface area contributed by atoms with E-state index in [1.54, 1.807) is 0 Å². The van der Waals surface area contributed by atoms with Gasteiger partial charge in [-0.15, -0.1) is 0 Å². The zero-order valence-electron chi connectivity index (χ0n) is 12.7. The van der Waals surface area contributed by atoms with Crippen molar-refractivity contribution < 1.29 is 4.79 Å². The molecule has 0 aliphatic carbocycles. The van der Waals surface area contributed by atoms with Crippen molar-refractivity contribution >= 4 is 17.3 Å². The highest BCUT2D eigenvalue weighted by Crippen LogP contribution is 2.24. The van der Waals surface area contributed by atoms with Gasteiger partial charge in [0.2, 0.25) is 5.91 Å². The zero-order valence-corrected chi connectivity index (χ0v) is 12.7. The maximum Gasteiger partial charge on any atom is 0.241 e. The topological polar surface area (TPSA) is 58.4 Å². The Morgan fingerprint density at radius 1 is 1.32 bits per heavy atom. The van der Waals surface area contributed by atoms with E-state index in [0.29, 0.717) is 0 Å². The third kappa shape index (κ3) is 3.96. The van der Waals surface area contributed by atoms with Gasteiger partial charge in [0.15, 0.2) is 0 Å². The summed E-state index contributed by atoms with van der Waals surface area (Å²) in [4.78, 5) is 14.1. The molecular weight excluding hydrogens is 238 g/mol. The minimum Gasteiger partial charge on any atom is -0.377 e. The average molecular weight is 263 g/mol. The molecule has 0 aromatic heterocycles. The lowest BCUT2D eigenvalue weighted by molar-refractivity contribution is -0.119. The standard InChI is InChI=1S/C15H25N3O/c1-10-7-8-11(9-12(10)18(5)6)17-14(19)13(16)15(2,3)4/h7-9,13H,16H2,1-6H3,(H,17,19). The summed E-state index contributed by atoms with van der Waals surface area (Å²) in [5, 5.41) is 2.88. The van der Waals surface area contributed by atoms with E-state index in [9.17, 15) is 4.79 Å². The minimum atomic E-state index is -0.531. The molecule has 1 rings (SSSR count). The summed E-state index contributed by atoms with van der Waals surface area (Å²) in [5.41, 5.74) is 8.73. The van der Waals surface area contributed by atoms with Gasteiger partial charge in [-0.2, -0.15) is 0 Å². The maximum absolute atomic E-state index is 12.1. The lowest BCUT2D eigenvalue weighted by Crippen LogP contribution is -2.45. The number of nitrogens with two attached hydrogens (primary N) is 1. The molecule has 0 aliphatic rings. The molecule has 1 aromatic carbocycles. The van der Waals surface area contributed by atoms with Crippen molar-refractivity contribution in [2.45, 2.75) is 33.7 Å². The van der Waals surface area contributed by atoms with Crippen LogP contribution in [0.3, 0.4) is 0 Å². The van der Waals surface area contributed by atoms with Crippen LogP contribution in [0.25, 0.3) is 0 Å². The van der Waals surface area contributed by atoms with Crippen LogP contribution in [0.4, 0.5) is 11.4 Å². The summed E-state index contributed by atoms with van der Waals surface area (Å²) in [6.45, 7) is 7.91. The summed E-state index contributed by atoms with van der Waals surface area (Å²) in [5.74, 6) is -0.152. The van der Waals surface area contributed by atoms with Crippen LogP contribution < -0.4 is 16.0 Å². The average Bonchev–Trinajstić information content (AvgIpc) is 2.29. The predicted molar refractivity (Wildman–Crippen MR) is 81.6 cm³/mol. The van der Waals surface area contributed by atoms with Crippen LogP contribution in [0.5, 0.6) is 0 Å². The lowest BCUT2D eigenvalue weighted by Gasteiger charge is -2.26. The molecule has 106 valence electrons. The summed E-state index contributed by atoms with van der Waals surface area (Å²) >= 11 is 0. The largest absolute Gasteiger partial charge is 0.377 e. The number of hydrogen-bond acceptors (Lipinski definition) is 3. The van der Waals surface area contributed by atoms with E-state index in [1.165, 1.54) is 5.56 Å². The molecule has 0 fully saturated rings. The third-order valence-electron chi connectivity index (χ3n) is 3.17. The molecule has 0 radical (unpaired) electrons. The number of carbonyl (C=O) groups excluding carboxylic acids is 1. The highest BCUT2D eigenvalue weighted by atomic mass is 16.2. The Labute approximate surface area is 116 Å². The van der Waals surface area contributed by atoms with E-state index >= 15 is 0 Å². The van der Waals surface area contributed by atoms with Crippen molar-refractivity contribution in [2.75, 3.05) is 24.3 Å². The molecule has 1 atom stereocenters. The number of hydrogen-bond donors (Lipinski definition) is 2. The van der Waals surface area contributed by atoms with Gasteiger partial charge < -0.3 is 16.0 Å². The molecule has 0 bridgehead atoms. The fourth-order valence-electron chi connectivity index (χ4n) is 1.78. The molecule has 0 spiro atoms. The first-order chi connectivity index (χ1) is 8.62. The van der Waals surface area contributed by atoms with Gasteiger partial charge in [0.25, 0.3) is 0 Å². The Morgan fingerprint density at radius 2 is 1.89 bits per heavy atom. The van der Waals surface area contributed by atoms with Crippen LogP contribution in [0.2, 0.25) is 0 Å². The molecule has 0 saturated carbocycles. The van der Waals surface area contributed by atoms with Crippen molar-refractivity contribution in [3.63, 3.8) is 0 Å². The van der Waals surface area contributed by atoms with Crippen molar-refractivity contribution in [1.82, 2.24) is 0 Å². The van der Waals surface area contributed by atoms with E-state index in [-0.39, 0.29) is 11.3 Å². The Kier molecular flexibility index (Phi) is 4.58. The quantitative estimate of drug-likeness (QED) is 0.880. The Morgan fingerprint density at radius 3 is 2.37 bits per heavy atom. The molecule has 0 heterocycles. The first-order valence-corrected chi connectivity index (χ1v) is 6.47. The second-order valence-electron chi connectivity index (χ2n) is 6.23. The van der Waals surface area contributed by atoms with Gasteiger partial charge in [-0.1, -0.05) is 26.8 Å². The summed E-state index contributed by atoms with van der Waals surface area (Å²) < 4.78 is 0. The highest BCUT2D eigenvalue weighted by Gasteiger charge is 2.27.